The number of carboxylic acids is 1. The fourth-order valence-corrected chi connectivity index (χ4v) is 3.34. The van der Waals surface area contributed by atoms with Crippen molar-refractivity contribution in [1.82, 2.24) is 14.8 Å². The Morgan fingerprint density at radius 3 is 2.48 bits per heavy atom. The predicted molar refractivity (Wildman–Crippen MR) is 91.8 cm³/mol. The molecule has 2 fully saturated rings. The molecular formula is C17H24N4O4. The molecule has 1 atom stereocenters. The Balaban J connectivity index is 1.60. The van der Waals surface area contributed by atoms with E-state index in [1.54, 1.807) is 18.3 Å². The third-order valence-corrected chi connectivity index (χ3v) is 4.86. The summed E-state index contributed by atoms with van der Waals surface area (Å²) in [7, 11) is 0. The van der Waals surface area contributed by atoms with Crippen molar-refractivity contribution in [3.8, 4) is 0 Å². The molecule has 3 heterocycles. The second-order valence-electron chi connectivity index (χ2n) is 6.32. The van der Waals surface area contributed by atoms with Crippen LogP contribution in [0.25, 0.3) is 0 Å². The molecular weight excluding hydrogens is 324 g/mol. The smallest absolute Gasteiger partial charge is 0.339 e. The molecule has 2 aliphatic rings. The van der Waals surface area contributed by atoms with E-state index in [1.807, 2.05) is 16.7 Å². The van der Waals surface area contributed by atoms with Gasteiger partial charge in [-0.05, 0) is 19.1 Å². The molecule has 0 saturated carbocycles. The van der Waals surface area contributed by atoms with Crippen LogP contribution in [-0.2, 0) is 9.53 Å². The quantitative estimate of drug-likeness (QED) is 0.829. The summed E-state index contributed by atoms with van der Waals surface area (Å²) < 4.78 is 5.30. The number of aromatic nitrogens is 1. The lowest BCUT2D eigenvalue weighted by molar-refractivity contribution is -0.140. The minimum absolute atomic E-state index is 0.140. The van der Waals surface area contributed by atoms with Gasteiger partial charge in [-0.25, -0.2) is 9.78 Å². The van der Waals surface area contributed by atoms with Gasteiger partial charge in [-0.1, -0.05) is 0 Å². The fraction of sp³-hybridized carbons (Fsp3) is 0.588. The predicted octanol–water partition coefficient (Wildman–Crippen LogP) is 0.149. The number of pyridine rings is 1. The van der Waals surface area contributed by atoms with Crippen LogP contribution in [0.1, 0.15) is 17.3 Å². The zero-order valence-corrected chi connectivity index (χ0v) is 14.4. The van der Waals surface area contributed by atoms with Gasteiger partial charge in [-0.3, -0.25) is 9.69 Å². The van der Waals surface area contributed by atoms with Gasteiger partial charge >= 0.3 is 5.97 Å². The van der Waals surface area contributed by atoms with E-state index in [0.717, 1.165) is 0 Å². The highest BCUT2D eigenvalue weighted by atomic mass is 16.5. The minimum Gasteiger partial charge on any atom is -0.478 e. The van der Waals surface area contributed by atoms with Crippen molar-refractivity contribution in [1.29, 1.82) is 0 Å². The number of ether oxygens (including phenoxy) is 1. The van der Waals surface area contributed by atoms with Gasteiger partial charge in [0, 0.05) is 45.5 Å². The van der Waals surface area contributed by atoms with Crippen LogP contribution in [0.5, 0.6) is 0 Å². The van der Waals surface area contributed by atoms with Crippen molar-refractivity contribution in [2.45, 2.75) is 13.0 Å². The van der Waals surface area contributed by atoms with Crippen molar-refractivity contribution in [3.63, 3.8) is 0 Å². The Kier molecular flexibility index (Phi) is 5.50. The lowest BCUT2D eigenvalue weighted by Gasteiger charge is -2.40. The molecule has 0 radical (unpaired) electrons. The van der Waals surface area contributed by atoms with Crippen LogP contribution in [0.4, 0.5) is 5.82 Å². The maximum absolute atomic E-state index is 12.6. The number of rotatable bonds is 4. The van der Waals surface area contributed by atoms with E-state index < -0.39 is 5.97 Å². The van der Waals surface area contributed by atoms with E-state index in [-0.39, 0.29) is 17.5 Å². The van der Waals surface area contributed by atoms with Crippen LogP contribution in [-0.4, -0.2) is 90.3 Å². The van der Waals surface area contributed by atoms with Gasteiger partial charge in [-0.2, -0.15) is 0 Å². The van der Waals surface area contributed by atoms with Gasteiger partial charge in [0.25, 0.3) is 0 Å². The van der Waals surface area contributed by atoms with Crippen LogP contribution in [0.2, 0.25) is 0 Å². The number of aromatic carboxylic acids is 1. The summed E-state index contributed by atoms with van der Waals surface area (Å²) in [6, 6.07) is 3.02. The maximum atomic E-state index is 12.6. The highest BCUT2D eigenvalue weighted by molar-refractivity contribution is 5.93. The normalized spacial score (nSPS) is 20.4. The Morgan fingerprint density at radius 2 is 1.84 bits per heavy atom. The Bertz CT molecular complexity index is 625. The highest BCUT2D eigenvalue weighted by Crippen LogP contribution is 2.20. The first kappa shape index (κ1) is 17.6. The van der Waals surface area contributed by atoms with Crippen molar-refractivity contribution >= 4 is 17.7 Å². The lowest BCUT2D eigenvalue weighted by Crippen LogP contribution is -2.56. The number of hydrogen-bond donors (Lipinski definition) is 1. The molecule has 0 bridgehead atoms. The summed E-state index contributed by atoms with van der Waals surface area (Å²) in [5, 5.41) is 9.32. The van der Waals surface area contributed by atoms with Crippen molar-refractivity contribution in [2.75, 3.05) is 57.4 Å². The zero-order valence-electron chi connectivity index (χ0n) is 14.4. The second-order valence-corrected chi connectivity index (χ2v) is 6.32. The molecule has 0 aliphatic carbocycles. The molecule has 1 aromatic rings. The Morgan fingerprint density at radius 1 is 1.16 bits per heavy atom. The highest BCUT2D eigenvalue weighted by Gasteiger charge is 2.30. The van der Waals surface area contributed by atoms with E-state index in [9.17, 15) is 14.7 Å². The van der Waals surface area contributed by atoms with Gasteiger partial charge in [-0.15, -0.1) is 0 Å². The molecule has 3 rings (SSSR count). The van der Waals surface area contributed by atoms with Crippen LogP contribution in [0, 0.1) is 0 Å². The summed E-state index contributed by atoms with van der Waals surface area (Å²) in [6.07, 6.45) is 1.61. The molecule has 8 nitrogen and oxygen atoms in total. The van der Waals surface area contributed by atoms with Crippen molar-refractivity contribution in [3.05, 3.63) is 23.9 Å². The molecule has 1 N–H and O–H groups in total. The monoisotopic (exact) mass is 348 g/mol. The SMILES string of the molecule is CC(C(=O)N1CCOCC1)N1CCN(c2ncccc2C(=O)O)CC1. The summed E-state index contributed by atoms with van der Waals surface area (Å²) in [5.41, 5.74) is 0.216. The summed E-state index contributed by atoms with van der Waals surface area (Å²) in [5.74, 6) is -0.330. The van der Waals surface area contributed by atoms with Crippen LogP contribution in [0.3, 0.4) is 0 Å². The number of carboxylic acid groups (broad SMARTS) is 1. The molecule has 2 aliphatic heterocycles. The summed E-state index contributed by atoms with van der Waals surface area (Å²) in [6.45, 7) is 7.15. The summed E-state index contributed by atoms with van der Waals surface area (Å²) >= 11 is 0. The summed E-state index contributed by atoms with van der Waals surface area (Å²) in [4.78, 5) is 34.2. The molecule has 25 heavy (non-hydrogen) atoms. The average molecular weight is 348 g/mol. The van der Waals surface area contributed by atoms with E-state index in [1.165, 1.54) is 0 Å². The number of amides is 1. The first-order valence-corrected chi connectivity index (χ1v) is 8.62. The maximum Gasteiger partial charge on any atom is 0.339 e. The molecule has 0 aromatic carbocycles. The van der Waals surface area contributed by atoms with Gasteiger partial charge in [0.15, 0.2) is 0 Å². The van der Waals surface area contributed by atoms with Crippen molar-refractivity contribution < 1.29 is 19.4 Å². The van der Waals surface area contributed by atoms with E-state index in [2.05, 4.69) is 9.88 Å². The van der Waals surface area contributed by atoms with E-state index in [4.69, 9.17) is 4.74 Å². The van der Waals surface area contributed by atoms with Crippen molar-refractivity contribution in [2.24, 2.45) is 0 Å². The third kappa shape index (κ3) is 3.91. The second kappa shape index (κ2) is 7.79. The average Bonchev–Trinajstić information content (AvgIpc) is 2.67. The standard InChI is InChI=1S/C17H24N4O4/c1-13(16(22)21-9-11-25-12-10-21)19-5-7-20(8-6-19)15-14(17(23)24)3-2-4-18-15/h2-4,13H,5-12H2,1H3,(H,23,24). The molecule has 1 unspecified atom stereocenters. The van der Waals surface area contributed by atoms with Gasteiger partial charge in [0.05, 0.1) is 19.3 Å². The minimum atomic E-state index is -0.971. The van der Waals surface area contributed by atoms with E-state index in [0.29, 0.717) is 58.3 Å². The number of carbonyl (C=O) groups excluding carboxylic acids is 1. The zero-order chi connectivity index (χ0) is 17.8. The third-order valence-electron chi connectivity index (χ3n) is 4.86. The van der Waals surface area contributed by atoms with Crippen LogP contribution < -0.4 is 4.90 Å². The molecule has 1 aromatic heterocycles. The van der Waals surface area contributed by atoms with Gasteiger partial charge in [0.2, 0.25) is 5.91 Å². The fourth-order valence-electron chi connectivity index (χ4n) is 3.34. The number of carbonyl (C=O) groups is 2. The Hall–Kier alpha value is -2.19. The first-order chi connectivity index (χ1) is 12.1. The molecule has 0 spiro atoms. The number of nitrogens with zero attached hydrogens (tertiary/aromatic N) is 4. The number of anilines is 1. The topological polar surface area (TPSA) is 86.2 Å². The lowest BCUT2D eigenvalue weighted by atomic mass is 10.1. The molecule has 136 valence electrons. The van der Waals surface area contributed by atoms with Gasteiger partial charge in [0.1, 0.15) is 11.4 Å². The Labute approximate surface area is 147 Å². The largest absolute Gasteiger partial charge is 0.478 e. The first-order valence-electron chi connectivity index (χ1n) is 8.62. The van der Waals surface area contributed by atoms with Gasteiger partial charge < -0.3 is 19.6 Å². The number of morpholine rings is 1. The molecule has 2 saturated heterocycles. The van der Waals surface area contributed by atoms with Crippen LogP contribution in [0.15, 0.2) is 18.3 Å². The number of piperazine rings is 1. The number of hydrogen-bond acceptors (Lipinski definition) is 6. The van der Waals surface area contributed by atoms with Crippen LogP contribution >= 0.6 is 0 Å². The van der Waals surface area contributed by atoms with E-state index >= 15 is 0 Å². The molecule has 1 amide bonds. The molecule has 8 heteroatoms.